The van der Waals surface area contributed by atoms with E-state index in [2.05, 4.69) is 15.5 Å². The van der Waals surface area contributed by atoms with Crippen molar-refractivity contribution in [1.82, 2.24) is 14.8 Å². The lowest BCUT2D eigenvalue weighted by molar-refractivity contribution is -0.113. The lowest BCUT2D eigenvalue weighted by atomic mass is 10.1. The Morgan fingerprint density at radius 2 is 1.92 bits per heavy atom. The van der Waals surface area contributed by atoms with Gasteiger partial charge in [0.25, 0.3) is 0 Å². The number of carbonyl (C=O) groups is 1. The van der Waals surface area contributed by atoms with Crippen LogP contribution in [0.4, 0.5) is 5.69 Å². The Labute approximate surface area is 161 Å². The van der Waals surface area contributed by atoms with E-state index in [1.165, 1.54) is 11.8 Å². The van der Waals surface area contributed by atoms with Crippen molar-refractivity contribution in [2.45, 2.75) is 19.0 Å². The summed E-state index contributed by atoms with van der Waals surface area (Å²) in [6, 6.07) is 13.5. The third kappa shape index (κ3) is 4.08. The highest BCUT2D eigenvalue weighted by Crippen LogP contribution is 2.25. The van der Waals surface area contributed by atoms with Gasteiger partial charge in [0, 0.05) is 23.3 Å². The summed E-state index contributed by atoms with van der Waals surface area (Å²) in [6.45, 7) is 3.97. The fourth-order valence-corrected chi connectivity index (χ4v) is 3.43. The van der Waals surface area contributed by atoms with Crippen molar-refractivity contribution < 1.29 is 4.79 Å². The Morgan fingerprint density at radius 3 is 2.69 bits per heavy atom. The molecule has 0 radical (unpaired) electrons. The average molecular weight is 387 g/mol. The Morgan fingerprint density at radius 1 is 1.15 bits per heavy atom. The van der Waals surface area contributed by atoms with Crippen LogP contribution in [-0.2, 0) is 11.8 Å². The molecule has 3 aromatic rings. The fourth-order valence-electron chi connectivity index (χ4n) is 2.54. The van der Waals surface area contributed by atoms with Crippen molar-refractivity contribution >= 4 is 35.0 Å². The van der Waals surface area contributed by atoms with Crippen molar-refractivity contribution in [3.63, 3.8) is 0 Å². The standard InChI is InChI=1S/C19H19ClN4OS/c1-12-6-4-5-7-15(12)18-22-23-19(24(18)3)26-11-17(25)21-16-10-14(20)9-8-13(16)2/h4-10H,11H2,1-3H3,(H,21,25). The summed E-state index contributed by atoms with van der Waals surface area (Å²) in [5, 5.41) is 12.7. The summed E-state index contributed by atoms with van der Waals surface area (Å²) >= 11 is 7.34. The van der Waals surface area contributed by atoms with E-state index in [4.69, 9.17) is 11.6 Å². The van der Waals surface area contributed by atoms with E-state index in [1.807, 2.05) is 55.8 Å². The van der Waals surface area contributed by atoms with Crippen LogP contribution in [0.3, 0.4) is 0 Å². The topological polar surface area (TPSA) is 59.8 Å². The molecule has 1 aromatic heterocycles. The fraction of sp³-hybridized carbons (Fsp3) is 0.211. The molecule has 0 saturated carbocycles. The van der Waals surface area contributed by atoms with Crippen molar-refractivity contribution in [3.05, 3.63) is 58.6 Å². The number of nitrogens with zero attached hydrogens (tertiary/aromatic N) is 3. The minimum Gasteiger partial charge on any atom is -0.325 e. The van der Waals surface area contributed by atoms with E-state index in [0.29, 0.717) is 10.2 Å². The number of hydrogen-bond acceptors (Lipinski definition) is 4. The molecule has 1 N–H and O–H groups in total. The normalized spacial score (nSPS) is 10.8. The van der Waals surface area contributed by atoms with Gasteiger partial charge >= 0.3 is 0 Å². The van der Waals surface area contributed by atoms with Gasteiger partial charge in [0.15, 0.2) is 11.0 Å². The van der Waals surface area contributed by atoms with Gasteiger partial charge < -0.3 is 9.88 Å². The number of aryl methyl sites for hydroxylation is 2. The molecule has 0 saturated heterocycles. The molecule has 7 heteroatoms. The van der Waals surface area contributed by atoms with Crippen LogP contribution in [0.15, 0.2) is 47.6 Å². The van der Waals surface area contributed by atoms with Crippen LogP contribution < -0.4 is 5.32 Å². The van der Waals surface area contributed by atoms with Crippen LogP contribution in [0.1, 0.15) is 11.1 Å². The molecule has 0 bridgehead atoms. The van der Waals surface area contributed by atoms with Crippen LogP contribution in [0.5, 0.6) is 0 Å². The number of rotatable bonds is 5. The second-order valence-corrected chi connectivity index (χ2v) is 7.36. The summed E-state index contributed by atoms with van der Waals surface area (Å²) in [6.07, 6.45) is 0. The molecule has 0 aliphatic heterocycles. The first-order valence-electron chi connectivity index (χ1n) is 8.10. The molecule has 1 amide bonds. The summed E-state index contributed by atoms with van der Waals surface area (Å²) in [7, 11) is 1.91. The van der Waals surface area contributed by atoms with Crippen LogP contribution in [0, 0.1) is 13.8 Å². The zero-order valence-electron chi connectivity index (χ0n) is 14.8. The number of amides is 1. The number of aromatic nitrogens is 3. The van der Waals surface area contributed by atoms with E-state index in [9.17, 15) is 4.79 Å². The van der Waals surface area contributed by atoms with Gasteiger partial charge in [0.1, 0.15) is 0 Å². The number of benzene rings is 2. The Hall–Kier alpha value is -2.31. The van der Waals surface area contributed by atoms with Crippen LogP contribution in [0.25, 0.3) is 11.4 Å². The van der Waals surface area contributed by atoms with Crippen molar-refractivity contribution in [3.8, 4) is 11.4 Å². The van der Waals surface area contributed by atoms with Crippen molar-refractivity contribution in [2.75, 3.05) is 11.1 Å². The number of halogens is 1. The quantitative estimate of drug-likeness (QED) is 0.656. The molecule has 0 atom stereocenters. The zero-order valence-corrected chi connectivity index (χ0v) is 16.4. The molecule has 1 heterocycles. The predicted molar refractivity (Wildman–Crippen MR) is 107 cm³/mol. The summed E-state index contributed by atoms with van der Waals surface area (Å²) in [5.74, 6) is 0.920. The lowest BCUT2D eigenvalue weighted by Crippen LogP contribution is -2.15. The maximum Gasteiger partial charge on any atom is 0.234 e. The molecule has 5 nitrogen and oxygen atoms in total. The zero-order chi connectivity index (χ0) is 18.7. The molecule has 0 unspecified atom stereocenters. The predicted octanol–water partition coefficient (Wildman–Crippen LogP) is 4.48. The first-order chi connectivity index (χ1) is 12.5. The number of thioether (sulfide) groups is 1. The molecular formula is C19H19ClN4OS. The van der Waals surface area contributed by atoms with Crippen molar-refractivity contribution in [1.29, 1.82) is 0 Å². The molecule has 0 fully saturated rings. The lowest BCUT2D eigenvalue weighted by Gasteiger charge is -2.09. The molecule has 0 aliphatic carbocycles. The van der Waals surface area contributed by atoms with Crippen LogP contribution >= 0.6 is 23.4 Å². The molecule has 0 aliphatic rings. The Kier molecular flexibility index (Phi) is 5.64. The van der Waals surface area contributed by atoms with Gasteiger partial charge in [-0.05, 0) is 37.1 Å². The third-order valence-electron chi connectivity index (χ3n) is 4.03. The van der Waals surface area contributed by atoms with Gasteiger partial charge in [-0.3, -0.25) is 4.79 Å². The Bertz CT molecular complexity index is 954. The van der Waals surface area contributed by atoms with E-state index < -0.39 is 0 Å². The summed E-state index contributed by atoms with van der Waals surface area (Å²) in [4.78, 5) is 12.3. The Balaban J connectivity index is 1.68. The molecular weight excluding hydrogens is 368 g/mol. The SMILES string of the molecule is Cc1ccc(Cl)cc1NC(=O)CSc1nnc(-c2ccccc2C)n1C. The average Bonchev–Trinajstić information content (AvgIpc) is 2.97. The highest BCUT2D eigenvalue weighted by atomic mass is 35.5. The number of hydrogen-bond donors (Lipinski definition) is 1. The number of anilines is 1. The highest BCUT2D eigenvalue weighted by molar-refractivity contribution is 7.99. The third-order valence-corrected chi connectivity index (χ3v) is 5.28. The van der Waals surface area contributed by atoms with Gasteiger partial charge in [-0.25, -0.2) is 0 Å². The summed E-state index contributed by atoms with van der Waals surface area (Å²) < 4.78 is 1.91. The first-order valence-corrected chi connectivity index (χ1v) is 9.46. The minimum absolute atomic E-state index is 0.110. The second-order valence-electron chi connectivity index (χ2n) is 5.98. The molecule has 134 valence electrons. The van der Waals surface area contributed by atoms with Gasteiger partial charge in [0.2, 0.25) is 5.91 Å². The van der Waals surface area contributed by atoms with E-state index >= 15 is 0 Å². The van der Waals surface area contributed by atoms with Gasteiger partial charge in [0.05, 0.1) is 5.75 Å². The monoisotopic (exact) mass is 386 g/mol. The van der Waals surface area contributed by atoms with E-state index in [1.54, 1.807) is 12.1 Å². The van der Waals surface area contributed by atoms with Crippen molar-refractivity contribution in [2.24, 2.45) is 7.05 Å². The maximum absolute atomic E-state index is 12.3. The van der Waals surface area contributed by atoms with E-state index in [-0.39, 0.29) is 11.7 Å². The first kappa shape index (κ1) is 18.5. The van der Waals surface area contributed by atoms with Crippen LogP contribution in [0.2, 0.25) is 5.02 Å². The molecule has 0 spiro atoms. The number of carbonyl (C=O) groups excluding carboxylic acids is 1. The second kappa shape index (κ2) is 7.93. The van der Waals surface area contributed by atoms with Gasteiger partial charge in [-0.15, -0.1) is 10.2 Å². The molecule has 2 aromatic carbocycles. The highest BCUT2D eigenvalue weighted by Gasteiger charge is 2.14. The maximum atomic E-state index is 12.3. The minimum atomic E-state index is -0.110. The van der Waals surface area contributed by atoms with Crippen LogP contribution in [-0.4, -0.2) is 26.4 Å². The van der Waals surface area contributed by atoms with E-state index in [0.717, 1.165) is 28.2 Å². The van der Waals surface area contributed by atoms with Gasteiger partial charge in [-0.2, -0.15) is 0 Å². The smallest absolute Gasteiger partial charge is 0.234 e. The van der Waals surface area contributed by atoms with Gasteiger partial charge in [-0.1, -0.05) is 53.7 Å². The molecule has 3 rings (SSSR count). The largest absolute Gasteiger partial charge is 0.325 e. The number of nitrogens with one attached hydrogen (secondary N) is 1. The molecule has 26 heavy (non-hydrogen) atoms. The summed E-state index contributed by atoms with van der Waals surface area (Å²) in [5.41, 5.74) is 3.86.